The van der Waals surface area contributed by atoms with Crippen molar-refractivity contribution in [1.82, 2.24) is 0 Å². The van der Waals surface area contributed by atoms with E-state index in [-0.39, 0.29) is 53.7 Å². The van der Waals surface area contributed by atoms with Crippen molar-refractivity contribution in [2.24, 2.45) is 17.8 Å². The number of hydrogen-bond donors (Lipinski definition) is 0. The van der Waals surface area contributed by atoms with Crippen molar-refractivity contribution in [2.75, 3.05) is 0 Å². The zero-order valence-electron chi connectivity index (χ0n) is 19.0. The minimum Gasteiger partial charge on any atom is -0.549 e. The number of carboxylic acid groups (broad SMARTS) is 3. The molecule has 0 aliphatic heterocycles. The van der Waals surface area contributed by atoms with Crippen LogP contribution in [-0.4, -0.2) is 35.3 Å². The second kappa shape index (κ2) is 21.2. The van der Waals surface area contributed by atoms with E-state index in [9.17, 15) is 44.1 Å². The van der Waals surface area contributed by atoms with Gasteiger partial charge in [-0.1, -0.05) is 41.5 Å². The molecule has 0 N–H and O–H groups in total. The Balaban J connectivity index is -0.000000174. The normalized spacial score (nSPS) is 12.2. The van der Waals surface area contributed by atoms with Crippen LogP contribution in [0, 0.1) is 17.8 Å². The van der Waals surface area contributed by atoms with E-state index in [0.29, 0.717) is 19.3 Å². The summed E-state index contributed by atoms with van der Waals surface area (Å²) in [7, 11) is 0. The monoisotopic (exact) mass is 485 g/mol. The van der Waals surface area contributed by atoms with Crippen LogP contribution in [0.5, 0.6) is 0 Å². The predicted molar refractivity (Wildman–Crippen MR) is 102 cm³/mol. The number of ketones is 3. The molecule has 0 aromatic rings. The van der Waals surface area contributed by atoms with Crippen LogP contribution in [0.3, 0.4) is 0 Å². The molecule has 0 amide bonds. The summed E-state index contributed by atoms with van der Waals surface area (Å²) < 4.78 is 0. The maximum Gasteiger partial charge on any atom is 3.00 e. The van der Waals surface area contributed by atoms with Crippen LogP contribution in [0.1, 0.15) is 80.1 Å². The first-order valence-electron chi connectivity index (χ1n) is 10.1. The van der Waals surface area contributed by atoms with E-state index in [2.05, 4.69) is 0 Å². The first-order valence-corrected chi connectivity index (χ1v) is 10.1. The fourth-order valence-corrected chi connectivity index (χ4v) is 2.32. The molecule has 3 unspecified atom stereocenters. The molecule has 0 rings (SSSR count). The van der Waals surface area contributed by atoms with Crippen LogP contribution in [0.4, 0.5) is 0 Å². The molecule has 0 saturated carbocycles. The molecule has 0 aromatic heterocycles. The second-order valence-corrected chi connectivity index (χ2v) is 6.30. The van der Waals surface area contributed by atoms with Gasteiger partial charge in [-0.3, -0.25) is 14.4 Å². The summed E-state index contributed by atoms with van der Waals surface area (Å²) in [6.45, 7) is 9.92. The van der Waals surface area contributed by atoms with Gasteiger partial charge in [0, 0.05) is 19.3 Å². The molecular formula is C21H33FeO9. The van der Waals surface area contributed by atoms with Gasteiger partial charge in [0.1, 0.15) is 17.3 Å². The average molecular weight is 485 g/mol. The van der Waals surface area contributed by atoms with Crippen molar-refractivity contribution in [3.05, 3.63) is 0 Å². The van der Waals surface area contributed by atoms with Crippen LogP contribution in [0.25, 0.3) is 0 Å². The Kier molecular flexibility index (Phi) is 24.8. The molecule has 0 bridgehead atoms. The summed E-state index contributed by atoms with van der Waals surface area (Å²) in [5.74, 6) is -7.20. The molecule has 0 heterocycles. The van der Waals surface area contributed by atoms with Crippen LogP contribution in [0.2, 0.25) is 0 Å². The van der Waals surface area contributed by atoms with Gasteiger partial charge in [0.15, 0.2) is 0 Å². The number of hydrogen-bond acceptors (Lipinski definition) is 9. The van der Waals surface area contributed by atoms with Gasteiger partial charge in [-0.2, -0.15) is 0 Å². The number of carbonyl (C=O) groups is 6. The Morgan fingerprint density at radius 1 is 0.484 bits per heavy atom. The molecule has 179 valence electrons. The van der Waals surface area contributed by atoms with Gasteiger partial charge < -0.3 is 29.7 Å². The van der Waals surface area contributed by atoms with E-state index in [1.54, 1.807) is 41.5 Å². The Morgan fingerprint density at radius 3 is 0.677 bits per heavy atom. The molecule has 0 aliphatic rings. The predicted octanol–water partition coefficient (Wildman–Crippen LogP) is -0.778. The minimum absolute atomic E-state index is 0. The third-order valence-corrected chi connectivity index (χ3v) is 4.29. The maximum absolute atomic E-state index is 10.8. The molecule has 0 saturated heterocycles. The largest absolute Gasteiger partial charge is 3.00 e. The number of rotatable bonds is 12. The molecule has 3 atom stereocenters. The molecular weight excluding hydrogens is 452 g/mol. The second-order valence-electron chi connectivity index (χ2n) is 6.30. The fraction of sp³-hybridized carbons (Fsp3) is 0.714. The summed E-state index contributed by atoms with van der Waals surface area (Å²) in [4.78, 5) is 62.9. The first kappa shape index (κ1) is 36.3. The van der Waals surface area contributed by atoms with E-state index >= 15 is 0 Å². The summed E-state index contributed by atoms with van der Waals surface area (Å²) in [6.07, 6.45) is 1.80. The number of aliphatic carboxylic acids is 3. The van der Waals surface area contributed by atoms with E-state index < -0.39 is 35.7 Å². The van der Waals surface area contributed by atoms with Gasteiger partial charge in [-0.05, 0) is 19.3 Å². The Bertz CT molecular complexity index is 507. The molecule has 9 nitrogen and oxygen atoms in total. The summed E-state index contributed by atoms with van der Waals surface area (Å²) >= 11 is 0. The molecule has 0 aliphatic carbocycles. The van der Waals surface area contributed by atoms with Crippen LogP contribution < -0.4 is 15.3 Å². The van der Waals surface area contributed by atoms with Crippen molar-refractivity contribution in [1.29, 1.82) is 0 Å². The Morgan fingerprint density at radius 2 is 0.645 bits per heavy atom. The number of carbonyl (C=O) groups excluding carboxylic acids is 6. The third kappa shape index (κ3) is 16.3. The maximum atomic E-state index is 10.8. The molecule has 31 heavy (non-hydrogen) atoms. The zero-order chi connectivity index (χ0) is 24.4. The topological polar surface area (TPSA) is 172 Å². The van der Waals surface area contributed by atoms with Crippen molar-refractivity contribution in [3.63, 3.8) is 0 Å². The smallest absolute Gasteiger partial charge is 0.549 e. The van der Waals surface area contributed by atoms with Crippen LogP contribution >= 0.6 is 0 Å². The van der Waals surface area contributed by atoms with Gasteiger partial charge in [-0.15, -0.1) is 0 Å². The van der Waals surface area contributed by atoms with Gasteiger partial charge >= 0.3 is 17.1 Å². The molecule has 0 aromatic carbocycles. The van der Waals surface area contributed by atoms with Crippen molar-refractivity contribution in [2.45, 2.75) is 80.1 Å². The molecule has 0 spiro atoms. The Labute approximate surface area is 194 Å². The van der Waals surface area contributed by atoms with Gasteiger partial charge in [0.25, 0.3) is 0 Å². The Hall–Kier alpha value is -2.06. The van der Waals surface area contributed by atoms with Gasteiger partial charge in [0.05, 0.1) is 35.7 Å². The summed E-state index contributed by atoms with van der Waals surface area (Å²) in [6, 6.07) is 0. The first-order chi connectivity index (χ1) is 13.9. The standard InChI is InChI=1S/3C7H12O3.Fe/c3*1-3-5(7(9)10)6(8)4-2;/h3*5H,3-4H2,1-2H3,(H,9,10);/q;;;+3/p-3. The average Bonchev–Trinajstić information content (AvgIpc) is 2.69. The SMILES string of the molecule is CCC(=O)C(CC)C(=O)[O-].CCC(=O)C(CC)C(=O)[O-].CCC(=O)C(CC)C(=O)[O-].[Fe+3]. The van der Waals surface area contributed by atoms with Crippen molar-refractivity contribution < 1.29 is 61.2 Å². The summed E-state index contributed by atoms with van der Waals surface area (Å²) in [5, 5.41) is 30.6. The quantitative estimate of drug-likeness (QED) is 0.254. The van der Waals surface area contributed by atoms with Crippen LogP contribution in [0.15, 0.2) is 0 Å². The number of carboxylic acids is 3. The van der Waals surface area contributed by atoms with E-state index in [1.165, 1.54) is 0 Å². The molecule has 0 fully saturated rings. The zero-order valence-corrected chi connectivity index (χ0v) is 20.1. The fourth-order valence-electron chi connectivity index (χ4n) is 2.32. The molecule has 10 heteroatoms. The van der Waals surface area contributed by atoms with E-state index in [0.717, 1.165) is 0 Å². The van der Waals surface area contributed by atoms with E-state index in [1.807, 2.05) is 0 Å². The molecule has 1 radical (unpaired) electrons. The third-order valence-electron chi connectivity index (χ3n) is 4.29. The number of Topliss-reactive ketones (excluding diaryl/α,β-unsaturated/α-hetero) is 3. The van der Waals surface area contributed by atoms with Gasteiger partial charge in [0.2, 0.25) is 0 Å². The van der Waals surface area contributed by atoms with E-state index in [4.69, 9.17) is 0 Å². The van der Waals surface area contributed by atoms with Crippen LogP contribution in [-0.2, 0) is 45.8 Å². The van der Waals surface area contributed by atoms with Gasteiger partial charge in [-0.25, -0.2) is 0 Å². The van der Waals surface area contributed by atoms with Crippen molar-refractivity contribution >= 4 is 35.3 Å². The minimum atomic E-state index is -1.26. The van der Waals surface area contributed by atoms with Crippen molar-refractivity contribution in [3.8, 4) is 0 Å². The summed E-state index contributed by atoms with van der Waals surface area (Å²) in [5.41, 5.74) is 0.